The van der Waals surface area contributed by atoms with E-state index in [9.17, 15) is 41.7 Å². The van der Waals surface area contributed by atoms with E-state index in [0.717, 1.165) is 6.07 Å². The Hall–Kier alpha value is -2.26. The number of aliphatic hydroxyl groups is 4. The van der Waals surface area contributed by atoms with Crippen LogP contribution in [0, 0.1) is 29.3 Å². The third kappa shape index (κ3) is 6.01. The van der Waals surface area contributed by atoms with Crippen LogP contribution < -0.4 is 5.32 Å². The fourth-order valence-corrected chi connectivity index (χ4v) is 7.95. The van der Waals surface area contributed by atoms with E-state index in [4.69, 9.17) is 21.4 Å². The Morgan fingerprint density at radius 3 is 2.25 bits per heavy atom. The number of ether oxygens (including phenoxy) is 1. The Kier molecular flexibility index (Phi) is 9.15. The summed E-state index contributed by atoms with van der Waals surface area (Å²) in [5.41, 5.74) is -1.88. The fourth-order valence-electron chi connectivity index (χ4n) is 5.55. The van der Waals surface area contributed by atoms with Crippen LogP contribution in [0.1, 0.15) is 36.0 Å². The predicted molar refractivity (Wildman–Crippen MR) is 137 cm³/mol. The minimum absolute atomic E-state index is 0.0847. The Bertz CT molecular complexity index is 1340. The van der Waals surface area contributed by atoms with Gasteiger partial charge in [0.15, 0.2) is 27.3 Å². The number of hydrogen-bond donors (Lipinski definition) is 5. The topological polar surface area (TPSA) is 153 Å². The molecule has 2 fully saturated rings. The van der Waals surface area contributed by atoms with Gasteiger partial charge >= 0.3 is 0 Å². The van der Waals surface area contributed by atoms with Gasteiger partial charge in [-0.05, 0) is 55.7 Å². The maximum Gasteiger partial charge on any atom is 0.255 e. The molecule has 14 heteroatoms. The Balaban J connectivity index is 1.49. The molecule has 2 aliphatic rings. The molecule has 0 radical (unpaired) electrons. The van der Waals surface area contributed by atoms with Gasteiger partial charge in [0, 0.05) is 23.4 Å². The summed E-state index contributed by atoms with van der Waals surface area (Å²) in [5, 5.41) is 40.6. The Labute approximate surface area is 233 Å². The Morgan fingerprint density at radius 1 is 1.07 bits per heavy atom. The molecule has 5 N–H and O–H groups in total. The summed E-state index contributed by atoms with van der Waals surface area (Å²) >= 11 is 6.22. The van der Waals surface area contributed by atoms with Gasteiger partial charge in [0.2, 0.25) is 0 Å². The zero-order valence-electron chi connectivity index (χ0n) is 21.1. The number of carbonyl (C=O) groups is 1. The van der Waals surface area contributed by atoms with Crippen LogP contribution in [-0.4, -0.2) is 77.6 Å². The number of nitrogens with one attached hydrogen (secondary N) is 1. The number of benzene rings is 2. The van der Waals surface area contributed by atoms with E-state index in [-0.39, 0.29) is 47.2 Å². The van der Waals surface area contributed by atoms with E-state index in [1.54, 1.807) is 0 Å². The van der Waals surface area contributed by atoms with Crippen molar-refractivity contribution in [2.24, 2.45) is 11.8 Å². The molecule has 0 heterocycles. The molecule has 0 saturated heterocycles. The van der Waals surface area contributed by atoms with Crippen molar-refractivity contribution in [3.05, 3.63) is 58.4 Å². The first kappa shape index (κ1) is 30.7. The first-order chi connectivity index (χ1) is 18.8. The first-order valence-corrected chi connectivity index (χ1v) is 14.5. The lowest BCUT2D eigenvalue weighted by Gasteiger charge is -2.42. The summed E-state index contributed by atoms with van der Waals surface area (Å²) in [4.78, 5) is 12.4. The van der Waals surface area contributed by atoms with Gasteiger partial charge in [-0.1, -0.05) is 11.6 Å². The summed E-state index contributed by atoms with van der Waals surface area (Å²) in [6, 6.07) is 4.67. The summed E-state index contributed by atoms with van der Waals surface area (Å²) < 4.78 is 73.0. The molecule has 1 amide bonds. The molecule has 4 rings (SSSR count). The molecule has 220 valence electrons. The molecule has 0 aromatic heterocycles. The van der Waals surface area contributed by atoms with Crippen molar-refractivity contribution >= 4 is 33.0 Å². The van der Waals surface area contributed by atoms with Crippen molar-refractivity contribution in [2.45, 2.75) is 53.6 Å². The highest BCUT2D eigenvalue weighted by Gasteiger charge is 2.56. The van der Waals surface area contributed by atoms with Gasteiger partial charge in [0.25, 0.3) is 5.91 Å². The van der Waals surface area contributed by atoms with E-state index in [0.29, 0.717) is 25.0 Å². The summed E-state index contributed by atoms with van der Waals surface area (Å²) in [6.45, 7) is -1.17. The van der Waals surface area contributed by atoms with Crippen LogP contribution in [0.25, 0.3) is 0 Å². The maximum atomic E-state index is 13.7. The first-order valence-electron chi connectivity index (χ1n) is 12.5. The highest BCUT2D eigenvalue weighted by Crippen LogP contribution is 2.52. The van der Waals surface area contributed by atoms with Gasteiger partial charge < -0.3 is 30.5 Å². The predicted octanol–water partition coefficient (Wildman–Crippen LogP) is 2.43. The van der Waals surface area contributed by atoms with Crippen LogP contribution in [0.3, 0.4) is 0 Å². The third-order valence-electron chi connectivity index (χ3n) is 7.81. The molecule has 2 saturated carbocycles. The summed E-state index contributed by atoms with van der Waals surface area (Å²) in [5.74, 6) is -6.51. The highest BCUT2D eigenvalue weighted by molar-refractivity contribution is 7.92. The number of rotatable bonds is 10. The smallest absolute Gasteiger partial charge is 0.255 e. The zero-order chi connectivity index (χ0) is 29.4. The quantitative estimate of drug-likeness (QED) is 0.258. The molecule has 2 aliphatic carbocycles. The third-order valence-corrected chi connectivity index (χ3v) is 10.5. The number of sulfone groups is 1. The monoisotopic (exact) mass is 607 g/mol. The van der Waals surface area contributed by atoms with Gasteiger partial charge in [-0.15, -0.1) is 0 Å². The van der Waals surface area contributed by atoms with E-state index < -0.39 is 74.7 Å². The van der Waals surface area contributed by atoms with Crippen molar-refractivity contribution in [2.75, 3.05) is 25.1 Å². The molecule has 0 spiro atoms. The largest absolute Gasteiger partial charge is 0.394 e. The number of halogens is 4. The van der Waals surface area contributed by atoms with Crippen molar-refractivity contribution < 1.29 is 51.5 Å². The normalized spacial score (nSPS) is 25.9. The maximum absolute atomic E-state index is 13.7. The number of aliphatic hydroxyl groups excluding tert-OH is 3. The van der Waals surface area contributed by atoms with Crippen LogP contribution in [0.5, 0.6) is 0 Å². The summed E-state index contributed by atoms with van der Waals surface area (Å²) in [6.07, 6.45) is -1.50. The molecular weight excluding hydrogens is 579 g/mol. The second kappa shape index (κ2) is 11.9. The number of amides is 1. The lowest BCUT2D eigenvalue weighted by Crippen LogP contribution is -2.51. The van der Waals surface area contributed by atoms with Crippen molar-refractivity contribution in [1.29, 1.82) is 0 Å². The number of carbonyl (C=O) groups excluding carboxylic acids is 1. The van der Waals surface area contributed by atoms with Crippen LogP contribution in [-0.2, 0) is 14.6 Å². The number of anilines is 1. The van der Waals surface area contributed by atoms with Gasteiger partial charge in [0.05, 0.1) is 40.6 Å². The molecule has 2 bridgehead atoms. The summed E-state index contributed by atoms with van der Waals surface area (Å²) in [7, 11) is -4.10. The van der Waals surface area contributed by atoms with Gasteiger partial charge in [-0.3, -0.25) is 4.79 Å². The van der Waals surface area contributed by atoms with Crippen molar-refractivity contribution in [3.63, 3.8) is 0 Å². The minimum Gasteiger partial charge on any atom is -0.394 e. The van der Waals surface area contributed by atoms with Gasteiger partial charge in [0.1, 0.15) is 12.2 Å². The fraction of sp³-hybridized carbons (Fsp3) is 0.500. The molecule has 2 unspecified atom stereocenters. The average molecular weight is 608 g/mol. The minimum atomic E-state index is -4.10. The van der Waals surface area contributed by atoms with Crippen LogP contribution in [0.4, 0.5) is 18.9 Å². The number of fused-ring (bicyclic) bond motifs is 2. The molecule has 0 aliphatic heterocycles. The molecular formula is C26H29ClF3NO8S. The lowest BCUT2D eigenvalue weighted by atomic mass is 9.75. The molecule has 40 heavy (non-hydrogen) atoms. The van der Waals surface area contributed by atoms with Crippen molar-refractivity contribution in [3.8, 4) is 0 Å². The van der Waals surface area contributed by atoms with Gasteiger partial charge in [-0.2, -0.15) is 0 Å². The molecule has 9 nitrogen and oxygen atoms in total. The van der Waals surface area contributed by atoms with Crippen LogP contribution in [0.15, 0.2) is 35.2 Å². The lowest BCUT2D eigenvalue weighted by molar-refractivity contribution is -0.133. The standard InChI is InChI=1S/C26H29ClF3NO8S/c27-18-4-1-13(25(35)31-16-8-19(28)24(30)20(29)9-16)5-23(18)40(37,38)17-6-14-2-3-15(7-17)26(14,36)12-39-11-22(34)21(33)10-32/h1,4-5,8-9,14-15,17,21-22,32-34,36H,2-3,6-7,10-12H2,(H,31,35)/t14-,15?,17-,21?,22-,26-/m0/s1. The number of hydrogen-bond acceptors (Lipinski definition) is 8. The Morgan fingerprint density at radius 2 is 1.68 bits per heavy atom. The molecule has 2 aromatic rings. The van der Waals surface area contributed by atoms with Crippen LogP contribution >= 0.6 is 11.6 Å². The molecule has 2 aromatic carbocycles. The highest BCUT2D eigenvalue weighted by atomic mass is 35.5. The van der Waals surface area contributed by atoms with E-state index in [1.807, 2.05) is 0 Å². The van der Waals surface area contributed by atoms with E-state index in [2.05, 4.69) is 5.32 Å². The molecule has 6 atom stereocenters. The van der Waals surface area contributed by atoms with Crippen molar-refractivity contribution in [1.82, 2.24) is 0 Å². The SMILES string of the molecule is O=C(Nc1cc(F)c(F)c(F)c1)c1ccc(Cl)c(S(=O)(=O)[C@@H]2CC3CC[C@@H](C2)[C@@]3(O)COC[C@H](O)C(O)CO)c1. The second-order valence-corrected chi connectivity index (χ2v) is 12.9. The zero-order valence-corrected chi connectivity index (χ0v) is 22.6. The average Bonchev–Trinajstić information content (AvgIpc) is 3.06. The van der Waals surface area contributed by atoms with Crippen LogP contribution in [0.2, 0.25) is 5.02 Å². The van der Waals surface area contributed by atoms with E-state index in [1.165, 1.54) is 12.1 Å². The van der Waals surface area contributed by atoms with Gasteiger partial charge in [-0.25, -0.2) is 21.6 Å². The van der Waals surface area contributed by atoms with E-state index >= 15 is 0 Å². The second-order valence-electron chi connectivity index (χ2n) is 10.3.